The van der Waals surface area contributed by atoms with Crippen molar-refractivity contribution in [2.75, 3.05) is 26.7 Å². The Morgan fingerprint density at radius 3 is 2.75 bits per heavy atom. The van der Waals surface area contributed by atoms with Crippen molar-refractivity contribution in [1.29, 1.82) is 0 Å². The average molecular weight is 281 g/mol. The smallest absolute Gasteiger partial charge is 0.294 e. The van der Waals surface area contributed by atoms with Gasteiger partial charge in [0.2, 0.25) is 5.84 Å². The molecule has 1 atom stereocenters. The lowest BCUT2D eigenvalue weighted by atomic mass is 10.1. The summed E-state index contributed by atoms with van der Waals surface area (Å²) < 4.78 is 0.288. The van der Waals surface area contributed by atoms with E-state index in [1.807, 2.05) is 0 Å². The first-order valence-corrected chi connectivity index (χ1v) is 7.07. The van der Waals surface area contributed by atoms with Gasteiger partial charge in [0.15, 0.2) is 0 Å². The number of aliphatic imine (C=N–C) groups is 1. The van der Waals surface area contributed by atoms with Crippen LogP contribution in [0.4, 0.5) is 0 Å². The third-order valence-corrected chi connectivity index (χ3v) is 3.88. The van der Waals surface area contributed by atoms with Gasteiger partial charge in [-0.1, -0.05) is 0 Å². The Balaban J connectivity index is 2.17. The second kappa shape index (κ2) is 6.76. The van der Waals surface area contributed by atoms with Crippen LogP contribution in [-0.2, 0) is 19.4 Å². The maximum atomic E-state index is 12.6. The highest BCUT2D eigenvalue weighted by Gasteiger charge is 2.42. The fraction of sp³-hybridized carbons (Fsp3) is 0.643. The topological polar surface area (TPSA) is 65.0 Å². The van der Waals surface area contributed by atoms with Crippen LogP contribution in [0.2, 0.25) is 0 Å². The Morgan fingerprint density at radius 2 is 1.95 bits per heavy atom. The zero-order chi connectivity index (χ0) is 14.4. The molecule has 0 N–H and O–H groups in total. The molecule has 0 saturated carbocycles. The van der Waals surface area contributed by atoms with Gasteiger partial charge in [-0.3, -0.25) is 4.89 Å². The minimum absolute atomic E-state index is 0.0848. The summed E-state index contributed by atoms with van der Waals surface area (Å²) in [6, 6.07) is 0. The Labute approximate surface area is 118 Å². The molecule has 20 heavy (non-hydrogen) atoms. The van der Waals surface area contributed by atoms with Crippen molar-refractivity contribution in [3.05, 3.63) is 12.2 Å². The molecule has 2 rings (SSSR count). The first-order valence-electron chi connectivity index (χ1n) is 7.07. The predicted molar refractivity (Wildman–Crippen MR) is 72.6 cm³/mol. The second-order valence-corrected chi connectivity index (χ2v) is 5.12. The van der Waals surface area contributed by atoms with E-state index < -0.39 is 5.97 Å². The summed E-state index contributed by atoms with van der Waals surface area (Å²) in [6.07, 6.45) is 7.43. The third-order valence-electron chi connectivity index (χ3n) is 3.88. The van der Waals surface area contributed by atoms with Crippen LogP contribution in [0, 0.1) is 0 Å². The number of carbonyl (C=O) groups is 2. The molecule has 1 saturated heterocycles. The van der Waals surface area contributed by atoms with Gasteiger partial charge in [0.1, 0.15) is 0 Å². The van der Waals surface area contributed by atoms with Crippen molar-refractivity contribution in [2.24, 2.45) is 4.99 Å². The van der Waals surface area contributed by atoms with Crippen molar-refractivity contribution < 1.29 is 23.8 Å². The average Bonchev–Trinajstić information content (AvgIpc) is 2.68. The van der Waals surface area contributed by atoms with E-state index in [1.54, 1.807) is 0 Å². The Kier molecular flexibility index (Phi) is 5.03. The maximum absolute atomic E-state index is 12.6. The zero-order valence-electron chi connectivity index (χ0n) is 11.8. The Hall–Kier alpha value is -1.53. The second-order valence-electron chi connectivity index (χ2n) is 5.12. The molecule has 1 amide bonds. The number of carbonyl (C=O) groups excluding carboxylic acids is 2. The molecule has 0 spiro atoms. The quantitative estimate of drug-likeness (QED) is 0.339. The van der Waals surface area contributed by atoms with Gasteiger partial charge in [-0.2, -0.15) is 4.89 Å². The Morgan fingerprint density at radius 1 is 1.15 bits per heavy atom. The molecule has 0 aliphatic carbocycles. The summed E-state index contributed by atoms with van der Waals surface area (Å²) in [7, 11) is 1.25. The van der Waals surface area contributed by atoms with E-state index in [-0.39, 0.29) is 10.4 Å². The molecule has 6 nitrogen and oxygen atoms in total. The monoisotopic (exact) mass is 281 g/mol. The van der Waals surface area contributed by atoms with Crippen LogP contribution in [0.1, 0.15) is 32.1 Å². The van der Waals surface area contributed by atoms with Gasteiger partial charge in [-0.25, -0.2) is 19.1 Å². The maximum Gasteiger partial charge on any atom is 0.366 e. The minimum Gasteiger partial charge on any atom is -0.294 e. The number of amides is 1. The summed E-state index contributed by atoms with van der Waals surface area (Å²) in [5.74, 6) is 0.214. The van der Waals surface area contributed by atoms with Gasteiger partial charge >= 0.3 is 11.9 Å². The van der Waals surface area contributed by atoms with Gasteiger partial charge in [-0.15, -0.1) is 0 Å². The molecule has 6 heteroatoms. The Bertz CT molecular complexity index is 444. The van der Waals surface area contributed by atoms with Gasteiger partial charge in [0.25, 0.3) is 0 Å². The molecule has 0 bridgehead atoms. The zero-order valence-corrected chi connectivity index (χ0v) is 11.8. The van der Waals surface area contributed by atoms with Crippen LogP contribution in [0.15, 0.2) is 17.1 Å². The number of hydrogen-bond acceptors (Lipinski definition) is 5. The summed E-state index contributed by atoms with van der Waals surface area (Å²) in [5, 5.41) is 0. The largest absolute Gasteiger partial charge is 0.366 e. The lowest BCUT2D eigenvalue weighted by molar-refractivity contribution is -0.764. The molecule has 0 aromatic heterocycles. The lowest BCUT2D eigenvalue weighted by Crippen LogP contribution is -2.58. The predicted octanol–water partition coefficient (Wildman–Crippen LogP) is 1.37. The highest BCUT2D eigenvalue weighted by molar-refractivity contribution is 5.97. The lowest BCUT2D eigenvalue weighted by Gasteiger charge is -2.36. The number of quaternary nitrogens is 1. The van der Waals surface area contributed by atoms with Crippen LogP contribution in [0.3, 0.4) is 0 Å². The van der Waals surface area contributed by atoms with Crippen LogP contribution >= 0.6 is 0 Å². The SMILES string of the molecule is COOC(=O)/C=C\C(=O)[N+]12CCCCCC1=NCCC2. The van der Waals surface area contributed by atoms with E-state index in [1.165, 1.54) is 13.2 Å². The minimum atomic E-state index is -0.677. The highest BCUT2D eigenvalue weighted by Crippen LogP contribution is 2.25. The van der Waals surface area contributed by atoms with Crippen LogP contribution in [0.25, 0.3) is 0 Å². The van der Waals surface area contributed by atoms with Gasteiger partial charge in [0, 0.05) is 18.9 Å². The molecular formula is C14H21N2O4+. The van der Waals surface area contributed by atoms with Crippen molar-refractivity contribution in [3.8, 4) is 0 Å². The fourth-order valence-electron chi connectivity index (χ4n) is 2.93. The van der Waals surface area contributed by atoms with E-state index in [2.05, 4.69) is 14.8 Å². The third kappa shape index (κ3) is 3.13. The standard InChI is InChI=1S/C14H21N2O4/c1-19-20-14(18)8-7-13(17)16-10-4-2-3-6-12(16)15-9-5-11-16/h7-8H,2-6,9-11H2,1H3/q+1/b8-7-. The molecule has 2 aliphatic heterocycles. The first-order chi connectivity index (χ1) is 9.69. The summed E-state index contributed by atoms with van der Waals surface area (Å²) in [5.41, 5.74) is 0. The highest BCUT2D eigenvalue weighted by atomic mass is 17.2. The van der Waals surface area contributed by atoms with Crippen molar-refractivity contribution in [3.63, 3.8) is 0 Å². The van der Waals surface area contributed by atoms with E-state index in [9.17, 15) is 9.59 Å². The van der Waals surface area contributed by atoms with Crippen molar-refractivity contribution in [1.82, 2.24) is 0 Å². The van der Waals surface area contributed by atoms with Crippen molar-refractivity contribution in [2.45, 2.75) is 32.1 Å². The van der Waals surface area contributed by atoms with Crippen LogP contribution in [0.5, 0.6) is 0 Å². The summed E-state index contributed by atoms with van der Waals surface area (Å²) in [4.78, 5) is 37.0. The molecule has 0 aromatic rings. The fourth-order valence-corrected chi connectivity index (χ4v) is 2.93. The van der Waals surface area contributed by atoms with Crippen LogP contribution < -0.4 is 0 Å². The van der Waals surface area contributed by atoms with E-state index in [4.69, 9.17) is 0 Å². The van der Waals surface area contributed by atoms with Gasteiger partial charge in [-0.05, 0) is 19.3 Å². The molecule has 0 aromatic carbocycles. The van der Waals surface area contributed by atoms with Gasteiger partial charge < -0.3 is 0 Å². The number of fused-ring (bicyclic) bond motifs is 1. The number of hydrogen-bond donors (Lipinski definition) is 0. The van der Waals surface area contributed by atoms with E-state index in [0.29, 0.717) is 0 Å². The molecule has 1 fully saturated rings. The number of amidine groups is 1. The molecule has 2 aliphatic rings. The summed E-state index contributed by atoms with van der Waals surface area (Å²) in [6.45, 7) is 2.36. The van der Waals surface area contributed by atoms with Crippen LogP contribution in [-0.4, -0.2) is 48.9 Å². The van der Waals surface area contributed by atoms with E-state index in [0.717, 1.165) is 63.7 Å². The first kappa shape index (κ1) is 14.9. The molecule has 0 radical (unpaired) electrons. The number of nitrogens with zero attached hydrogens (tertiary/aromatic N) is 2. The van der Waals surface area contributed by atoms with Crippen molar-refractivity contribution >= 4 is 17.7 Å². The summed E-state index contributed by atoms with van der Waals surface area (Å²) >= 11 is 0. The molecule has 1 unspecified atom stereocenters. The molecule has 2 heterocycles. The molecule has 110 valence electrons. The molecular weight excluding hydrogens is 260 g/mol. The number of rotatable bonds is 3. The van der Waals surface area contributed by atoms with Gasteiger partial charge in [0.05, 0.1) is 32.8 Å². The van der Waals surface area contributed by atoms with E-state index >= 15 is 0 Å². The normalized spacial score (nSPS) is 26.6.